The molecule has 150 valence electrons. The Labute approximate surface area is 162 Å². The van der Waals surface area contributed by atoms with E-state index in [4.69, 9.17) is 0 Å². The lowest BCUT2D eigenvalue weighted by atomic mass is 9.75. The van der Waals surface area contributed by atoms with Gasteiger partial charge in [-0.25, -0.2) is 4.79 Å². The fourth-order valence-electron chi connectivity index (χ4n) is 4.17. The van der Waals surface area contributed by atoms with Crippen LogP contribution in [0.4, 0.5) is 0 Å². The molecule has 2 aliphatic rings. The predicted octanol–water partition coefficient (Wildman–Crippen LogP) is 0.682. The maximum atomic E-state index is 12.8. The third-order valence-corrected chi connectivity index (χ3v) is 5.69. The van der Waals surface area contributed by atoms with Crippen LogP contribution in [0.2, 0.25) is 0 Å². The average Bonchev–Trinajstić information content (AvgIpc) is 3.16. The molecule has 8 heteroatoms. The molecule has 0 spiro atoms. The standard InChI is InChI=1S/C20H24N2O6/c1-11(18(24)22-8-4-7-16(22)20(27)28)21-17(23)14-9-12-5-2-3-6-13(12)10-15(14)19(25)26/h2-3,5-6,11,14-16H,4,7-10H2,1H3,(H,21,23)(H,25,26)(H,27,28)/t11-,14+,15+,16-/m0/s1. The van der Waals surface area contributed by atoms with Crippen molar-refractivity contribution >= 4 is 23.8 Å². The van der Waals surface area contributed by atoms with Gasteiger partial charge in [0.25, 0.3) is 0 Å². The van der Waals surface area contributed by atoms with E-state index in [-0.39, 0.29) is 6.42 Å². The minimum Gasteiger partial charge on any atom is -0.481 e. The lowest BCUT2D eigenvalue weighted by Gasteiger charge is -2.31. The van der Waals surface area contributed by atoms with Crippen molar-refractivity contribution < 1.29 is 29.4 Å². The van der Waals surface area contributed by atoms with E-state index in [1.54, 1.807) is 0 Å². The number of benzene rings is 1. The number of rotatable bonds is 5. The van der Waals surface area contributed by atoms with Crippen LogP contribution >= 0.6 is 0 Å². The van der Waals surface area contributed by atoms with Crippen molar-refractivity contribution in [2.45, 2.75) is 44.7 Å². The monoisotopic (exact) mass is 388 g/mol. The Morgan fingerprint density at radius 1 is 1.04 bits per heavy atom. The van der Waals surface area contributed by atoms with Crippen LogP contribution in [0.5, 0.6) is 0 Å². The van der Waals surface area contributed by atoms with Crippen LogP contribution in [-0.2, 0) is 32.0 Å². The molecule has 28 heavy (non-hydrogen) atoms. The Balaban J connectivity index is 1.71. The van der Waals surface area contributed by atoms with Crippen molar-refractivity contribution in [1.29, 1.82) is 0 Å². The lowest BCUT2D eigenvalue weighted by Crippen LogP contribution is -2.53. The Hall–Kier alpha value is -2.90. The zero-order valence-corrected chi connectivity index (χ0v) is 15.6. The van der Waals surface area contributed by atoms with Crippen molar-refractivity contribution in [2.75, 3.05) is 6.54 Å². The van der Waals surface area contributed by atoms with Crippen molar-refractivity contribution in [3.63, 3.8) is 0 Å². The molecular weight excluding hydrogens is 364 g/mol. The van der Waals surface area contributed by atoms with E-state index in [1.807, 2.05) is 24.3 Å². The first-order chi connectivity index (χ1) is 13.3. The largest absolute Gasteiger partial charge is 0.481 e. The van der Waals surface area contributed by atoms with Gasteiger partial charge in [0, 0.05) is 6.54 Å². The van der Waals surface area contributed by atoms with Gasteiger partial charge in [-0.15, -0.1) is 0 Å². The molecule has 1 fully saturated rings. The van der Waals surface area contributed by atoms with Gasteiger partial charge in [-0.3, -0.25) is 14.4 Å². The highest BCUT2D eigenvalue weighted by Crippen LogP contribution is 2.31. The summed E-state index contributed by atoms with van der Waals surface area (Å²) in [7, 11) is 0. The van der Waals surface area contributed by atoms with Gasteiger partial charge >= 0.3 is 11.9 Å². The van der Waals surface area contributed by atoms with E-state index >= 15 is 0 Å². The minimum atomic E-state index is -1.06. The molecule has 0 unspecified atom stereocenters. The van der Waals surface area contributed by atoms with E-state index < -0.39 is 47.7 Å². The molecule has 2 amide bonds. The topological polar surface area (TPSA) is 124 Å². The van der Waals surface area contributed by atoms with E-state index in [0.717, 1.165) is 11.1 Å². The van der Waals surface area contributed by atoms with Crippen LogP contribution in [-0.4, -0.2) is 57.5 Å². The third-order valence-electron chi connectivity index (χ3n) is 5.69. The molecule has 1 heterocycles. The number of aliphatic carboxylic acids is 2. The third kappa shape index (κ3) is 3.85. The van der Waals surface area contributed by atoms with Crippen LogP contribution in [0.25, 0.3) is 0 Å². The molecule has 3 N–H and O–H groups in total. The number of carbonyl (C=O) groups excluding carboxylic acids is 2. The molecule has 1 aromatic rings. The zero-order chi connectivity index (χ0) is 20.4. The second-order valence-electron chi connectivity index (χ2n) is 7.49. The molecule has 8 nitrogen and oxygen atoms in total. The number of carboxylic acids is 2. The number of amides is 2. The molecule has 0 aromatic heterocycles. The Morgan fingerprint density at radius 2 is 1.64 bits per heavy atom. The van der Waals surface area contributed by atoms with Gasteiger partial charge in [0.1, 0.15) is 12.1 Å². The minimum absolute atomic E-state index is 0.263. The van der Waals surface area contributed by atoms with E-state index in [0.29, 0.717) is 25.8 Å². The number of hydrogen-bond acceptors (Lipinski definition) is 4. The van der Waals surface area contributed by atoms with E-state index in [9.17, 15) is 29.4 Å². The van der Waals surface area contributed by atoms with E-state index in [2.05, 4.69) is 5.32 Å². The summed E-state index contributed by atoms with van der Waals surface area (Å²) >= 11 is 0. The summed E-state index contributed by atoms with van der Waals surface area (Å²) in [6, 6.07) is 5.64. The summed E-state index contributed by atoms with van der Waals surface area (Å²) < 4.78 is 0. The number of carboxylic acid groups (broad SMARTS) is 2. The fraction of sp³-hybridized carbons (Fsp3) is 0.500. The molecule has 0 bridgehead atoms. The molecule has 1 aliphatic heterocycles. The van der Waals surface area contributed by atoms with Crippen LogP contribution in [0.15, 0.2) is 24.3 Å². The first kappa shape index (κ1) is 19.9. The number of likely N-dealkylation sites (tertiary alicyclic amines) is 1. The summed E-state index contributed by atoms with van der Waals surface area (Å²) in [5.74, 6) is -4.69. The molecule has 3 rings (SSSR count). The van der Waals surface area contributed by atoms with Gasteiger partial charge in [0.05, 0.1) is 11.8 Å². The highest BCUT2D eigenvalue weighted by Gasteiger charge is 2.40. The maximum absolute atomic E-state index is 12.8. The summed E-state index contributed by atoms with van der Waals surface area (Å²) in [5, 5.41) is 21.4. The van der Waals surface area contributed by atoms with Crippen molar-refractivity contribution in [3.8, 4) is 0 Å². The maximum Gasteiger partial charge on any atom is 0.326 e. The zero-order valence-electron chi connectivity index (χ0n) is 15.6. The quantitative estimate of drug-likeness (QED) is 0.682. The summed E-state index contributed by atoms with van der Waals surface area (Å²) in [6.07, 6.45) is 1.55. The molecule has 4 atom stereocenters. The number of hydrogen-bond donors (Lipinski definition) is 3. The van der Waals surface area contributed by atoms with Gasteiger partial charge in [-0.2, -0.15) is 0 Å². The predicted molar refractivity (Wildman–Crippen MR) is 98.4 cm³/mol. The first-order valence-corrected chi connectivity index (χ1v) is 9.43. The Kier molecular flexibility index (Phi) is 5.67. The van der Waals surface area contributed by atoms with Gasteiger partial charge < -0.3 is 20.4 Å². The number of carbonyl (C=O) groups is 4. The van der Waals surface area contributed by atoms with Gasteiger partial charge in [-0.05, 0) is 43.7 Å². The number of fused-ring (bicyclic) bond motifs is 1. The van der Waals surface area contributed by atoms with Gasteiger partial charge in [0.15, 0.2) is 0 Å². The normalized spacial score (nSPS) is 24.9. The molecule has 0 radical (unpaired) electrons. The van der Waals surface area contributed by atoms with E-state index in [1.165, 1.54) is 11.8 Å². The Morgan fingerprint density at radius 3 is 2.21 bits per heavy atom. The van der Waals surface area contributed by atoms with Gasteiger partial charge in [0.2, 0.25) is 11.8 Å². The lowest BCUT2D eigenvalue weighted by molar-refractivity contribution is -0.150. The highest BCUT2D eigenvalue weighted by molar-refractivity contribution is 5.92. The van der Waals surface area contributed by atoms with Crippen molar-refractivity contribution in [2.24, 2.45) is 11.8 Å². The van der Waals surface area contributed by atoms with Crippen molar-refractivity contribution in [3.05, 3.63) is 35.4 Å². The van der Waals surface area contributed by atoms with Gasteiger partial charge in [-0.1, -0.05) is 24.3 Å². The second kappa shape index (κ2) is 8.00. The Bertz CT molecular complexity index is 808. The smallest absolute Gasteiger partial charge is 0.326 e. The highest BCUT2D eigenvalue weighted by atomic mass is 16.4. The first-order valence-electron chi connectivity index (χ1n) is 9.43. The molecule has 0 saturated carbocycles. The van der Waals surface area contributed by atoms with Crippen LogP contribution < -0.4 is 5.32 Å². The van der Waals surface area contributed by atoms with Crippen LogP contribution in [0.3, 0.4) is 0 Å². The summed E-state index contributed by atoms with van der Waals surface area (Å²) in [5.41, 5.74) is 1.86. The summed E-state index contributed by atoms with van der Waals surface area (Å²) in [6.45, 7) is 1.84. The summed E-state index contributed by atoms with van der Waals surface area (Å²) in [4.78, 5) is 49.7. The fourth-order valence-corrected chi connectivity index (χ4v) is 4.17. The SMILES string of the molecule is C[C@H](NC(=O)[C@@H]1Cc2ccccc2C[C@H]1C(=O)O)C(=O)N1CCC[C@H]1C(=O)O. The molecule has 1 saturated heterocycles. The van der Waals surface area contributed by atoms with Crippen LogP contribution in [0, 0.1) is 11.8 Å². The van der Waals surface area contributed by atoms with Crippen molar-refractivity contribution in [1.82, 2.24) is 10.2 Å². The molecule has 1 aliphatic carbocycles. The molecule has 1 aromatic carbocycles. The number of nitrogens with one attached hydrogen (secondary N) is 1. The van der Waals surface area contributed by atoms with Crippen LogP contribution in [0.1, 0.15) is 30.9 Å². The second-order valence-corrected chi connectivity index (χ2v) is 7.49. The number of nitrogens with zero attached hydrogens (tertiary/aromatic N) is 1. The molecular formula is C20H24N2O6. The average molecular weight is 388 g/mol.